The van der Waals surface area contributed by atoms with Gasteiger partial charge in [0.05, 0.1) is 0 Å². The lowest BCUT2D eigenvalue weighted by Gasteiger charge is -2.38. The smallest absolute Gasteiger partial charge is 0.0402 e. The lowest BCUT2D eigenvalue weighted by atomic mass is 9.97. The second-order valence-electron chi connectivity index (χ2n) is 5.06. The van der Waals surface area contributed by atoms with Crippen LogP contribution >= 0.6 is 15.9 Å². The first kappa shape index (κ1) is 13.9. The number of nitrogens with zero attached hydrogens (tertiary/aromatic N) is 1. The molecule has 1 aromatic carbocycles. The summed E-state index contributed by atoms with van der Waals surface area (Å²) in [5.41, 5.74) is 8.52. The quantitative estimate of drug-likeness (QED) is 0.918. The van der Waals surface area contributed by atoms with Crippen molar-refractivity contribution in [3.05, 3.63) is 28.2 Å². The van der Waals surface area contributed by atoms with Gasteiger partial charge < -0.3 is 10.6 Å². The maximum absolute atomic E-state index is 5.74. The first-order chi connectivity index (χ1) is 8.76. The Labute approximate surface area is 119 Å². The van der Waals surface area contributed by atoms with Crippen molar-refractivity contribution in [2.75, 3.05) is 18.0 Å². The van der Waals surface area contributed by atoms with Crippen LogP contribution in [0.25, 0.3) is 0 Å². The van der Waals surface area contributed by atoms with Crippen molar-refractivity contribution >= 4 is 21.6 Å². The fourth-order valence-corrected chi connectivity index (χ4v) is 3.34. The molecule has 1 fully saturated rings. The van der Waals surface area contributed by atoms with Crippen molar-refractivity contribution in [2.24, 2.45) is 5.73 Å². The molecule has 1 aromatic rings. The van der Waals surface area contributed by atoms with Gasteiger partial charge in [-0.25, -0.2) is 0 Å². The predicted molar refractivity (Wildman–Crippen MR) is 82.2 cm³/mol. The number of anilines is 1. The van der Waals surface area contributed by atoms with Crippen molar-refractivity contribution in [1.29, 1.82) is 0 Å². The van der Waals surface area contributed by atoms with Crippen LogP contribution in [0.3, 0.4) is 0 Å². The fourth-order valence-electron chi connectivity index (χ4n) is 2.93. The molecule has 100 valence electrons. The minimum Gasteiger partial charge on any atom is -0.368 e. The summed E-state index contributed by atoms with van der Waals surface area (Å²) in [6.07, 6.45) is 6.21. The highest BCUT2D eigenvalue weighted by Crippen LogP contribution is 2.31. The molecule has 1 saturated heterocycles. The monoisotopic (exact) mass is 310 g/mol. The minimum absolute atomic E-state index is 0.705. The molecule has 0 saturated carbocycles. The van der Waals surface area contributed by atoms with Crippen LogP contribution in [0.4, 0.5) is 5.69 Å². The molecule has 2 N–H and O–H groups in total. The normalized spacial score (nSPS) is 20.2. The molecule has 1 aliphatic rings. The third-order valence-electron chi connectivity index (χ3n) is 3.86. The zero-order chi connectivity index (χ0) is 13.0. The van der Waals surface area contributed by atoms with Crippen LogP contribution in [0.15, 0.2) is 22.7 Å². The molecule has 0 bridgehead atoms. The molecule has 0 radical (unpaired) electrons. The molecule has 0 aliphatic carbocycles. The summed E-state index contributed by atoms with van der Waals surface area (Å²) in [4.78, 5) is 2.60. The van der Waals surface area contributed by atoms with E-state index in [4.69, 9.17) is 5.73 Å². The SMILES string of the molecule is CCC1CCCCN1c1ccc(Br)cc1CCN. The van der Waals surface area contributed by atoms with E-state index >= 15 is 0 Å². The summed E-state index contributed by atoms with van der Waals surface area (Å²) in [5, 5.41) is 0. The van der Waals surface area contributed by atoms with Crippen LogP contribution < -0.4 is 10.6 Å². The van der Waals surface area contributed by atoms with E-state index < -0.39 is 0 Å². The molecule has 0 spiro atoms. The van der Waals surface area contributed by atoms with Crippen LogP contribution in [-0.4, -0.2) is 19.1 Å². The first-order valence-electron chi connectivity index (χ1n) is 7.01. The molecule has 0 amide bonds. The maximum atomic E-state index is 5.74. The van der Waals surface area contributed by atoms with Crippen LogP contribution in [0.2, 0.25) is 0 Å². The number of hydrogen-bond acceptors (Lipinski definition) is 2. The van der Waals surface area contributed by atoms with E-state index in [1.807, 2.05) is 0 Å². The molecular weight excluding hydrogens is 288 g/mol. The van der Waals surface area contributed by atoms with Crippen molar-refractivity contribution < 1.29 is 0 Å². The van der Waals surface area contributed by atoms with Crippen molar-refractivity contribution in [3.8, 4) is 0 Å². The largest absolute Gasteiger partial charge is 0.368 e. The Hall–Kier alpha value is -0.540. The molecule has 1 aliphatic heterocycles. The molecule has 1 unspecified atom stereocenters. The van der Waals surface area contributed by atoms with E-state index in [0.29, 0.717) is 12.6 Å². The maximum Gasteiger partial charge on any atom is 0.0402 e. The number of benzene rings is 1. The Morgan fingerprint density at radius 3 is 2.94 bits per heavy atom. The minimum atomic E-state index is 0.705. The van der Waals surface area contributed by atoms with Gasteiger partial charge >= 0.3 is 0 Å². The Bertz CT molecular complexity index is 392. The second-order valence-corrected chi connectivity index (χ2v) is 5.98. The zero-order valence-electron chi connectivity index (χ0n) is 11.2. The van der Waals surface area contributed by atoms with Crippen LogP contribution in [0.1, 0.15) is 38.2 Å². The van der Waals surface area contributed by atoms with E-state index in [-0.39, 0.29) is 0 Å². The van der Waals surface area contributed by atoms with Gasteiger partial charge in [0.1, 0.15) is 0 Å². The summed E-state index contributed by atoms with van der Waals surface area (Å²) >= 11 is 3.56. The summed E-state index contributed by atoms with van der Waals surface area (Å²) in [5.74, 6) is 0. The molecule has 2 rings (SSSR count). The zero-order valence-corrected chi connectivity index (χ0v) is 12.7. The summed E-state index contributed by atoms with van der Waals surface area (Å²) in [6.45, 7) is 4.20. The predicted octanol–water partition coefficient (Wildman–Crippen LogP) is 3.72. The van der Waals surface area contributed by atoms with Gasteiger partial charge in [-0.3, -0.25) is 0 Å². The molecule has 1 heterocycles. The molecule has 0 aromatic heterocycles. The van der Waals surface area contributed by atoms with Crippen LogP contribution in [0, 0.1) is 0 Å². The molecule has 3 heteroatoms. The Morgan fingerprint density at radius 1 is 1.39 bits per heavy atom. The van der Waals surface area contributed by atoms with Gasteiger partial charge in [-0.15, -0.1) is 0 Å². The molecule has 18 heavy (non-hydrogen) atoms. The standard InChI is InChI=1S/C15H23BrN2/c1-2-14-5-3-4-10-18(14)15-7-6-13(16)11-12(15)8-9-17/h6-7,11,14H,2-5,8-10,17H2,1H3. The highest BCUT2D eigenvalue weighted by atomic mass is 79.9. The van der Waals surface area contributed by atoms with Gasteiger partial charge in [0, 0.05) is 22.7 Å². The van der Waals surface area contributed by atoms with Gasteiger partial charge in [0.2, 0.25) is 0 Å². The lowest BCUT2D eigenvalue weighted by Crippen LogP contribution is -2.39. The average molecular weight is 311 g/mol. The number of halogens is 1. The van der Waals surface area contributed by atoms with Gasteiger partial charge in [-0.05, 0) is 62.4 Å². The number of nitrogens with two attached hydrogens (primary N) is 1. The Kier molecular flexibility index (Phi) is 5.07. The number of piperidine rings is 1. The summed E-state index contributed by atoms with van der Waals surface area (Å²) in [7, 11) is 0. The van der Waals surface area contributed by atoms with E-state index in [0.717, 1.165) is 10.9 Å². The van der Waals surface area contributed by atoms with E-state index in [1.54, 1.807) is 0 Å². The highest BCUT2D eigenvalue weighted by molar-refractivity contribution is 9.10. The molecule has 2 nitrogen and oxygen atoms in total. The molecule has 1 atom stereocenters. The first-order valence-corrected chi connectivity index (χ1v) is 7.80. The van der Waals surface area contributed by atoms with Gasteiger partial charge in [-0.1, -0.05) is 22.9 Å². The van der Waals surface area contributed by atoms with E-state index in [1.165, 1.54) is 43.5 Å². The van der Waals surface area contributed by atoms with E-state index in [2.05, 4.69) is 46.0 Å². The van der Waals surface area contributed by atoms with Crippen LogP contribution in [-0.2, 0) is 6.42 Å². The van der Waals surface area contributed by atoms with Crippen molar-refractivity contribution in [3.63, 3.8) is 0 Å². The third kappa shape index (κ3) is 3.07. The Balaban J connectivity index is 2.29. The highest BCUT2D eigenvalue weighted by Gasteiger charge is 2.22. The topological polar surface area (TPSA) is 29.3 Å². The number of rotatable bonds is 4. The fraction of sp³-hybridized carbons (Fsp3) is 0.600. The summed E-state index contributed by atoms with van der Waals surface area (Å²) < 4.78 is 1.15. The molecular formula is C15H23BrN2. The Morgan fingerprint density at radius 2 is 2.22 bits per heavy atom. The summed E-state index contributed by atoms with van der Waals surface area (Å²) in [6, 6.07) is 7.33. The average Bonchev–Trinajstić information content (AvgIpc) is 2.39. The second kappa shape index (κ2) is 6.58. The van der Waals surface area contributed by atoms with E-state index in [9.17, 15) is 0 Å². The van der Waals surface area contributed by atoms with Crippen molar-refractivity contribution in [1.82, 2.24) is 0 Å². The third-order valence-corrected chi connectivity index (χ3v) is 4.36. The van der Waals surface area contributed by atoms with Gasteiger partial charge in [0.15, 0.2) is 0 Å². The van der Waals surface area contributed by atoms with Crippen LogP contribution in [0.5, 0.6) is 0 Å². The van der Waals surface area contributed by atoms with Gasteiger partial charge in [0.25, 0.3) is 0 Å². The van der Waals surface area contributed by atoms with Gasteiger partial charge in [-0.2, -0.15) is 0 Å². The van der Waals surface area contributed by atoms with Crippen molar-refractivity contribution in [2.45, 2.75) is 45.1 Å². The number of hydrogen-bond donors (Lipinski definition) is 1. The lowest BCUT2D eigenvalue weighted by molar-refractivity contribution is 0.449.